The molecule has 2 aliphatic rings. The molecule has 4 heterocycles. The van der Waals surface area contributed by atoms with Gasteiger partial charge in [0.1, 0.15) is 30.5 Å². The number of ether oxygens (including phenoxy) is 1. The molecular weight excluding hydrogens is 429 g/mol. The molecule has 0 aromatic carbocycles. The van der Waals surface area contributed by atoms with Crippen LogP contribution >= 0.6 is 7.60 Å². The smallest absolute Gasteiger partial charge is 0.359 e. The summed E-state index contributed by atoms with van der Waals surface area (Å²) >= 11 is 0. The number of imidazole rings is 1. The van der Waals surface area contributed by atoms with Gasteiger partial charge in [0.25, 0.3) is 0 Å². The van der Waals surface area contributed by atoms with Gasteiger partial charge in [0.2, 0.25) is 0 Å². The number of anilines is 1. The largest absolute Gasteiger partial charge is 0.387 e. The summed E-state index contributed by atoms with van der Waals surface area (Å²) in [7, 11) is -4.55. The molecule has 0 aliphatic carbocycles. The minimum absolute atomic E-state index is 0.0147. The normalized spacial score (nSPS) is 33.5. The van der Waals surface area contributed by atoms with Gasteiger partial charge in [-0.25, -0.2) is 15.0 Å². The fourth-order valence-corrected chi connectivity index (χ4v) is 5.68. The first-order valence-electron chi connectivity index (χ1n) is 10.1. The second-order valence-electron chi connectivity index (χ2n) is 8.57. The molecule has 0 amide bonds. The zero-order valence-corrected chi connectivity index (χ0v) is 18.6. The van der Waals surface area contributed by atoms with Crippen LogP contribution in [0.4, 0.5) is 5.82 Å². The Morgan fingerprint density at radius 2 is 1.94 bits per heavy atom. The third kappa shape index (κ3) is 3.12. The van der Waals surface area contributed by atoms with Gasteiger partial charge in [-0.3, -0.25) is 13.7 Å². The van der Waals surface area contributed by atoms with Gasteiger partial charge in [-0.05, 0) is 26.7 Å². The first-order chi connectivity index (χ1) is 14.4. The van der Waals surface area contributed by atoms with Crippen molar-refractivity contribution in [1.29, 1.82) is 0 Å². The molecule has 6 N–H and O–H groups in total. The van der Waals surface area contributed by atoms with Crippen LogP contribution in [-0.4, -0.2) is 69.0 Å². The molecule has 8 atom stereocenters. The molecule has 0 radical (unpaired) electrons. The van der Waals surface area contributed by atoms with Crippen molar-refractivity contribution >= 4 is 24.6 Å². The highest BCUT2D eigenvalue weighted by Gasteiger charge is 2.61. The van der Waals surface area contributed by atoms with Gasteiger partial charge in [-0.15, -0.1) is 0 Å². The molecule has 3 unspecified atom stereocenters. The Hall–Kier alpha value is -1.66. The monoisotopic (exact) mass is 457 g/mol. The van der Waals surface area contributed by atoms with Crippen LogP contribution in [-0.2, 0) is 13.8 Å². The molecule has 0 spiro atoms. The van der Waals surface area contributed by atoms with Crippen molar-refractivity contribution in [1.82, 2.24) is 19.5 Å². The number of nitrogens with two attached hydrogens (primary N) is 1. The SMILES string of the molecule is CCC(C)(OP(=O)(O)[C@@](C)(O)CC)[C@H]1c2nc3c(N)ncnc3n2[C@@H]2OC1[C@@H](O)[C@H]2O. The van der Waals surface area contributed by atoms with Gasteiger partial charge in [0, 0.05) is 0 Å². The van der Waals surface area contributed by atoms with E-state index in [1.165, 1.54) is 17.8 Å². The van der Waals surface area contributed by atoms with Gasteiger partial charge >= 0.3 is 7.60 Å². The Labute approximate surface area is 178 Å². The number of hydrogen-bond donors (Lipinski definition) is 5. The minimum Gasteiger partial charge on any atom is -0.387 e. The van der Waals surface area contributed by atoms with E-state index in [2.05, 4.69) is 15.0 Å². The number of nitrogens with zero attached hydrogens (tertiary/aromatic N) is 4. The Bertz CT molecular complexity index is 1060. The van der Waals surface area contributed by atoms with Crippen LogP contribution < -0.4 is 5.73 Å². The molecule has 0 saturated carbocycles. The van der Waals surface area contributed by atoms with Crippen LogP contribution in [0.2, 0.25) is 0 Å². The zero-order valence-electron chi connectivity index (χ0n) is 17.7. The summed E-state index contributed by atoms with van der Waals surface area (Å²) < 4.78 is 26.3. The molecule has 12 nitrogen and oxygen atoms in total. The molecule has 2 aromatic heterocycles. The summed E-state index contributed by atoms with van der Waals surface area (Å²) in [6, 6.07) is 0. The van der Waals surface area contributed by atoms with Crippen molar-refractivity contribution in [3.8, 4) is 0 Å². The second kappa shape index (κ2) is 7.17. The van der Waals surface area contributed by atoms with Crippen molar-refractivity contribution in [3.63, 3.8) is 0 Å². The van der Waals surface area contributed by atoms with E-state index in [-0.39, 0.29) is 24.2 Å². The van der Waals surface area contributed by atoms with E-state index in [4.69, 9.17) is 15.0 Å². The van der Waals surface area contributed by atoms with Crippen LogP contribution in [0.5, 0.6) is 0 Å². The number of nitrogen functional groups attached to an aromatic ring is 1. The van der Waals surface area contributed by atoms with E-state index in [0.29, 0.717) is 11.5 Å². The first kappa shape index (κ1) is 22.5. The highest BCUT2D eigenvalue weighted by molar-refractivity contribution is 7.54. The third-order valence-corrected chi connectivity index (χ3v) is 8.84. The molecule has 4 rings (SSSR count). The Kier molecular flexibility index (Phi) is 5.21. The fraction of sp³-hybridized carbons (Fsp3) is 0.722. The molecular formula is C18H28N5O7P. The quantitative estimate of drug-likeness (QED) is 0.383. The average molecular weight is 457 g/mol. The lowest BCUT2D eigenvalue weighted by Crippen LogP contribution is -2.48. The molecule has 1 fully saturated rings. The van der Waals surface area contributed by atoms with Gasteiger partial charge in [0.15, 0.2) is 28.6 Å². The minimum atomic E-state index is -4.55. The van der Waals surface area contributed by atoms with E-state index in [9.17, 15) is 24.8 Å². The summed E-state index contributed by atoms with van der Waals surface area (Å²) in [4.78, 5) is 23.3. The molecule has 2 aliphatic heterocycles. The van der Waals surface area contributed by atoms with Crippen molar-refractivity contribution in [2.75, 3.05) is 5.73 Å². The van der Waals surface area contributed by atoms with Crippen LogP contribution in [0.15, 0.2) is 6.33 Å². The number of rotatable bonds is 6. The van der Waals surface area contributed by atoms with Crippen LogP contribution in [0, 0.1) is 0 Å². The topological polar surface area (TPSA) is 186 Å². The van der Waals surface area contributed by atoms with Crippen molar-refractivity contribution in [2.45, 2.75) is 81.9 Å². The molecule has 31 heavy (non-hydrogen) atoms. The summed E-state index contributed by atoms with van der Waals surface area (Å²) in [5, 5.41) is 29.8. The lowest BCUT2D eigenvalue weighted by atomic mass is 9.80. The maximum atomic E-state index is 13.0. The van der Waals surface area contributed by atoms with Crippen LogP contribution in [0.1, 0.15) is 58.5 Å². The lowest BCUT2D eigenvalue weighted by molar-refractivity contribution is -0.109. The number of fused-ring (bicyclic) bond motifs is 6. The molecule has 172 valence electrons. The lowest BCUT2D eigenvalue weighted by Gasteiger charge is -2.44. The predicted molar refractivity (Wildman–Crippen MR) is 109 cm³/mol. The van der Waals surface area contributed by atoms with Gasteiger partial charge in [-0.2, -0.15) is 0 Å². The molecule has 2 aromatic rings. The number of hydrogen-bond acceptors (Lipinski definition) is 10. The van der Waals surface area contributed by atoms with E-state index in [1.807, 2.05) is 0 Å². The van der Waals surface area contributed by atoms with Crippen molar-refractivity contribution < 1.29 is 34.0 Å². The summed E-state index contributed by atoms with van der Waals surface area (Å²) in [5.74, 6) is -0.431. The average Bonchev–Trinajstić information content (AvgIpc) is 3.21. The Balaban J connectivity index is 1.91. The third-order valence-electron chi connectivity index (χ3n) is 6.64. The standard InChI is InChI=1S/C18H28N5O7P/c1-5-17(3,30-31(27,28)18(4,26)6-2)8-12-10(24)11(25)16(29-12)23-14(8)22-9-13(19)20-7-21-15(9)23/h7-8,10-12,16,24-26H,5-6H2,1-4H3,(H,27,28)(H2,19,20,21)/t8-,10+,11-,12?,16-,17?,18-/m1/s1. The van der Waals surface area contributed by atoms with E-state index in [0.717, 1.165) is 0 Å². The van der Waals surface area contributed by atoms with Crippen LogP contribution in [0.25, 0.3) is 11.2 Å². The zero-order chi connectivity index (χ0) is 22.9. The molecule has 1 saturated heterocycles. The number of aliphatic hydroxyl groups is 3. The molecule has 2 bridgehead atoms. The maximum absolute atomic E-state index is 13.0. The van der Waals surface area contributed by atoms with E-state index >= 15 is 0 Å². The van der Waals surface area contributed by atoms with Crippen molar-refractivity contribution in [3.05, 3.63) is 12.2 Å². The highest BCUT2D eigenvalue weighted by Crippen LogP contribution is 2.62. The Morgan fingerprint density at radius 1 is 1.26 bits per heavy atom. The fourth-order valence-electron chi connectivity index (χ4n) is 4.28. The number of aromatic nitrogens is 4. The van der Waals surface area contributed by atoms with E-state index in [1.54, 1.807) is 20.8 Å². The summed E-state index contributed by atoms with van der Waals surface area (Å²) in [6.45, 7) is 6.14. The van der Waals surface area contributed by atoms with Gasteiger partial charge in [-0.1, -0.05) is 13.8 Å². The van der Waals surface area contributed by atoms with Gasteiger partial charge in [0.05, 0.1) is 11.5 Å². The van der Waals surface area contributed by atoms with E-state index < -0.39 is 49.0 Å². The predicted octanol–water partition coefficient (Wildman–Crippen LogP) is 0.614. The van der Waals surface area contributed by atoms with Gasteiger partial charge < -0.3 is 30.7 Å². The second-order valence-corrected chi connectivity index (χ2v) is 10.8. The molecule has 13 heteroatoms. The number of aliphatic hydroxyl groups excluding tert-OH is 2. The highest BCUT2D eigenvalue weighted by atomic mass is 31.2. The maximum Gasteiger partial charge on any atom is 0.359 e. The summed E-state index contributed by atoms with van der Waals surface area (Å²) in [6.07, 6.45) is -3.09. The Morgan fingerprint density at radius 3 is 2.55 bits per heavy atom. The summed E-state index contributed by atoms with van der Waals surface area (Å²) in [5.41, 5.74) is 5.14. The first-order valence-corrected chi connectivity index (χ1v) is 11.7. The van der Waals surface area contributed by atoms with Crippen LogP contribution in [0.3, 0.4) is 0 Å². The van der Waals surface area contributed by atoms with Crippen molar-refractivity contribution in [2.24, 2.45) is 0 Å².